The number of thiocarbonyl (C=S) groups is 1. The highest BCUT2D eigenvalue weighted by Crippen LogP contribution is 2.11. The Bertz CT molecular complexity index is 658. The highest BCUT2D eigenvalue weighted by molar-refractivity contribution is 7.80. The van der Waals surface area contributed by atoms with Gasteiger partial charge in [-0.1, -0.05) is 12.1 Å². The average molecular weight is 365 g/mol. The van der Waals surface area contributed by atoms with Crippen LogP contribution in [0.25, 0.3) is 0 Å². The molecule has 0 aliphatic carbocycles. The minimum atomic E-state index is -0.635. The lowest BCUT2D eigenvalue weighted by Crippen LogP contribution is -2.48. The van der Waals surface area contributed by atoms with Crippen molar-refractivity contribution in [2.24, 2.45) is 0 Å². The van der Waals surface area contributed by atoms with E-state index in [1.807, 2.05) is 0 Å². The third-order valence-electron chi connectivity index (χ3n) is 2.73. The number of esters is 1. The van der Waals surface area contributed by atoms with Gasteiger partial charge in [-0.3, -0.25) is 25.8 Å². The second kappa shape index (κ2) is 10.8. The van der Waals surface area contributed by atoms with E-state index in [0.717, 1.165) is 17.7 Å². The van der Waals surface area contributed by atoms with Gasteiger partial charge in [0.15, 0.2) is 5.11 Å². The summed E-state index contributed by atoms with van der Waals surface area (Å²) in [6, 6.07) is 7.02. The number of hydrogen-bond donors (Lipinski definition) is 3. The molecule has 3 N–H and O–H groups in total. The Labute approximate surface area is 150 Å². The van der Waals surface area contributed by atoms with Gasteiger partial charge in [0.25, 0.3) is 0 Å². The molecule has 1 aromatic carbocycles. The Hall–Kier alpha value is -2.94. The van der Waals surface area contributed by atoms with E-state index in [-0.39, 0.29) is 24.0 Å². The number of rotatable bonds is 6. The SMILES string of the molecule is CCOC(=O)C=CC(=O)NC(=S)NNC(=O)Cc1ccc(OC)cc1. The van der Waals surface area contributed by atoms with E-state index in [1.54, 1.807) is 38.3 Å². The highest BCUT2D eigenvalue weighted by atomic mass is 32.1. The molecule has 134 valence electrons. The van der Waals surface area contributed by atoms with Crippen LogP contribution in [0.1, 0.15) is 12.5 Å². The van der Waals surface area contributed by atoms with Crippen LogP contribution in [0.4, 0.5) is 0 Å². The van der Waals surface area contributed by atoms with Crippen molar-refractivity contribution in [2.45, 2.75) is 13.3 Å². The number of carbonyl (C=O) groups excluding carboxylic acids is 3. The maximum absolute atomic E-state index is 11.8. The highest BCUT2D eigenvalue weighted by Gasteiger charge is 2.06. The van der Waals surface area contributed by atoms with Crippen molar-refractivity contribution in [3.05, 3.63) is 42.0 Å². The van der Waals surface area contributed by atoms with Crippen LogP contribution in [0.3, 0.4) is 0 Å². The first-order chi connectivity index (χ1) is 11.9. The fraction of sp³-hybridized carbons (Fsp3) is 0.250. The summed E-state index contributed by atoms with van der Waals surface area (Å²) >= 11 is 4.85. The molecule has 8 nitrogen and oxygen atoms in total. The Morgan fingerprint density at radius 2 is 1.80 bits per heavy atom. The van der Waals surface area contributed by atoms with Crippen LogP contribution in [-0.2, 0) is 25.5 Å². The molecular weight excluding hydrogens is 346 g/mol. The quantitative estimate of drug-likeness (QED) is 0.290. The number of methoxy groups -OCH3 is 1. The molecule has 9 heteroatoms. The summed E-state index contributed by atoms with van der Waals surface area (Å²) in [5.41, 5.74) is 5.54. The van der Waals surface area contributed by atoms with Gasteiger partial charge in [-0.25, -0.2) is 4.79 Å². The Morgan fingerprint density at radius 1 is 1.12 bits per heavy atom. The number of amides is 2. The molecule has 0 saturated heterocycles. The van der Waals surface area contributed by atoms with Crippen LogP contribution in [0.2, 0.25) is 0 Å². The van der Waals surface area contributed by atoms with Crippen molar-refractivity contribution < 1.29 is 23.9 Å². The second-order valence-electron chi connectivity index (χ2n) is 4.60. The summed E-state index contributed by atoms with van der Waals surface area (Å²) in [6.45, 7) is 1.87. The van der Waals surface area contributed by atoms with Crippen molar-refractivity contribution in [2.75, 3.05) is 13.7 Å². The molecule has 0 fully saturated rings. The molecule has 0 atom stereocenters. The standard InChI is InChI=1S/C16H19N3O5S/c1-3-24-15(22)9-8-13(20)17-16(25)19-18-14(21)10-11-4-6-12(23-2)7-5-11/h4-9H,3,10H2,1-2H3,(H,18,21)(H2,17,19,20,25). The van der Waals surface area contributed by atoms with Crippen molar-refractivity contribution in [3.63, 3.8) is 0 Å². The lowest BCUT2D eigenvalue weighted by atomic mass is 10.1. The van der Waals surface area contributed by atoms with E-state index in [0.29, 0.717) is 5.75 Å². The number of benzene rings is 1. The summed E-state index contributed by atoms with van der Waals surface area (Å²) in [4.78, 5) is 34.4. The molecule has 0 radical (unpaired) electrons. The Balaban J connectivity index is 2.33. The van der Waals surface area contributed by atoms with Crippen LogP contribution in [-0.4, -0.2) is 36.6 Å². The maximum atomic E-state index is 11.8. The van der Waals surface area contributed by atoms with Crippen LogP contribution in [0, 0.1) is 0 Å². The van der Waals surface area contributed by atoms with Crippen molar-refractivity contribution in [1.29, 1.82) is 0 Å². The van der Waals surface area contributed by atoms with Crippen LogP contribution >= 0.6 is 12.2 Å². The van der Waals surface area contributed by atoms with Gasteiger partial charge in [-0.05, 0) is 36.8 Å². The summed E-state index contributed by atoms with van der Waals surface area (Å²) in [6.07, 6.45) is 2.07. The van der Waals surface area contributed by atoms with Gasteiger partial charge >= 0.3 is 5.97 Å². The van der Waals surface area contributed by atoms with E-state index in [1.165, 1.54) is 0 Å². The summed E-state index contributed by atoms with van der Waals surface area (Å²) < 4.78 is 9.66. The topological polar surface area (TPSA) is 106 Å². The summed E-state index contributed by atoms with van der Waals surface area (Å²) in [5, 5.41) is 2.16. The second-order valence-corrected chi connectivity index (χ2v) is 5.01. The average Bonchev–Trinajstić information content (AvgIpc) is 2.59. The molecule has 0 spiro atoms. The predicted octanol–water partition coefficient (Wildman–Crippen LogP) is 0.379. The van der Waals surface area contributed by atoms with Gasteiger partial charge in [0.2, 0.25) is 11.8 Å². The normalized spacial score (nSPS) is 10.0. The third kappa shape index (κ3) is 8.47. The fourth-order valence-electron chi connectivity index (χ4n) is 1.62. The van der Waals surface area contributed by atoms with Gasteiger partial charge < -0.3 is 9.47 Å². The van der Waals surface area contributed by atoms with Gasteiger partial charge in [-0.15, -0.1) is 0 Å². The Kier molecular flexibility index (Phi) is 8.66. The first-order valence-corrected chi connectivity index (χ1v) is 7.73. The lowest BCUT2D eigenvalue weighted by Gasteiger charge is -2.10. The zero-order valence-corrected chi connectivity index (χ0v) is 14.6. The smallest absolute Gasteiger partial charge is 0.330 e. The molecule has 0 aliphatic rings. The van der Waals surface area contributed by atoms with Gasteiger partial charge in [-0.2, -0.15) is 0 Å². The Morgan fingerprint density at radius 3 is 2.40 bits per heavy atom. The molecule has 2 amide bonds. The molecule has 0 bridgehead atoms. The van der Waals surface area contributed by atoms with E-state index in [2.05, 4.69) is 20.9 Å². The molecule has 25 heavy (non-hydrogen) atoms. The van der Waals surface area contributed by atoms with E-state index in [9.17, 15) is 14.4 Å². The molecule has 1 aromatic rings. The summed E-state index contributed by atoms with van der Waals surface area (Å²) in [5.74, 6) is -0.912. The fourth-order valence-corrected chi connectivity index (χ4v) is 1.77. The van der Waals surface area contributed by atoms with Crippen LogP contribution in [0.15, 0.2) is 36.4 Å². The zero-order chi connectivity index (χ0) is 18.7. The van der Waals surface area contributed by atoms with Gasteiger partial charge in [0.1, 0.15) is 5.75 Å². The van der Waals surface area contributed by atoms with Crippen molar-refractivity contribution >= 4 is 35.1 Å². The first-order valence-electron chi connectivity index (χ1n) is 7.32. The van der Waals surface area contributed by atoms with Crippen LogP contribution < -0.4 is 20.9 Å². The first kappa shape index (κ1) is 20.1. The third-order valence-corrected chi connectivity index (χ3v) is 2.94. The van der Waals surface area contributed by atoms with Crippen LogP contribution in [0.5, 0.6) is 5.75 Å². The molecule has 0 aliphatic heterocycles. The van der Waals surface area contributed by atoms with E-state index in [4.69, 9.17) is 17.0 Å². The molecule has 1 rings (SSSR count). The molecule has 0 unspecified atom stereocenters. The number of ether oxygens (including phenoxy) is 2. The number of nitrogens with one attached hydrogen (secondary N) is 3. The minimum Gasteiger partial charge on any atom is -0.497 e. The molecule has 0 saturated carbocycles. The van der Waals surface area contributed by atoms with E-state index >= 15 is 0 Å². The maximum Gasteiger partial charge on any atom is 0.330 e. The lowest BCUT2D eigenvalue weighted by molar-refractivity contribution is -0.137. The number of hydrazine groups is 1. The largest absolute Gasteiger partial charge is 0.497 e. The van der Waals surface area contributed by atoms with Gasteiger partial charge in [0, 0.05) is 12.2 Å². The van der Waals surface area contributed by atoms with Crippen molar-refractivity contribution in [3.8, 4) is 5.75 Å². The molecular formula is C16H19N3O5S. The zero-order valence-electron chi connectivity index (χ0n) is 13.8. The molecule has 0 aromatic heterocycles. The summed E-state index contributed by atoms with van der Waals surface area (Å²) in [7, 11) is 1.56. The minimum absolute atomic E-state index is 0.110. The van der Waals surface area contributed by atoms with Gasteiger partial charge in [0.05, 0.1) is 20.1 Å². The number of carbonyl (C=O) groups is 3. The monoisotopic (exact) mass is 365 g/mol. The molecule has 0 heterocycles. The number of hydrogen-bond acceptors (Lipinski definition) is 6. The van der Waals surface area contributed by atoms with E-state index < -0.39 is 11.9 Å². The van der Waals surface area contributed by atoms with Crippen molar-refractivity contribution in [1.82, 2.24) is 16.2 Å². The predicted molar refractivity (Wildman–Crippen MR) is 94.5 cm³/mol.